The third-order valence-electron chi connectivity index (χ3n) is 6.21. The average Bonchev–Trinajstić information content (AvgIpc) is 3.63. The molecule has 1 saturated heterocycles. The van der Waals surface area contributed by atoms with Gasteiger partial charge in [0.1, 0.15) is 5.75 Å². The van der Waals surface area contributed by atoms with Crippen molar-refractivity contribution >= 4 is 15.9 Å². The van der Waals surface area contributed by atoms with Gasteiger partial charge in [-0.05, 0) is 56.9 Å². The molecule has 6 nitrogen and oxygen atoms in total. The molecule has 0 radical (unpaired) electrons. The van der Waals surface area contributed by atoms with Gasteiger partial charge in [0.2, 0.25) is 10.0 Å². The summed E-state index contributed by atoms with van der Waals surface area (Å²) in [6.45, 7) is 2.92. The quantitative estimate of drug-likeness (QED) is 0.649. The van der Waals surface area contributed by atoms with E-state index in [1.807, 2.05) is 36.1 Å². The minimum Gasteiger partial charge on any atom is -0.496 e. The monoisotopic (exact) mass is 442 g/mol. The number of rotatable bonds is 7. The number of carbonyl (C=O) groups excluding carboxylic acids is 1. The summed E-state index contributed by atoms with van der Waals surface area (Å²) in [6, 6.07) is 14.3. The van der Waals surface area contributed by atoms with E-state index in [-0.39, 0.29) is 22.9 Å². The van der Waals surface area contributed by atoms with Gasteiger partial charge in [-0.15, -0.1) is 0 Å². The van der Waals surface area contributed by atoms with Crippen LogP contribution in [0.15, 0.2) is 53.4 Å². The Kier molecular flexibility index (Phi) is 6.34. The summed E-state index contributed by atoms with van der Waals surface area (Å²) >= 11 is 0. The number of para-hydroxylation sites is 1. The van der Waals surface area contributed by atoms with Gasteiger partial charge >= 0.3 is 0 Å². The standard InChI is InChI=1S/C24H30N2O4S/c1-18-8-5-6-15-26(18)31(28,29)22-11-7-10-19(16-22)24(27)25(21-13-14-21)17-20-9-3-4-12-23(20)30-2/h3-4,7,9-12,16,18,21H,5-6,8,13-15,17H2,1-2H3. The second-order valence-electron chi connectivity index (χ2n) is 8.46. The van der Waals surface area contributed by atoms with E-state index in [2.05, 4.69) is 0 Å². The Hall–Kier alpha value is -2.38. The van der Waals surface area contributed by atoms with Gasteiger partial charge in [0.15, 0.2) is 0 Å². The fourth-order valence-corrected chi connectivity index (χ4v) is 6.04. The summed E-state index contributed by atoms with van der Waals surface area (Å²) in [5, 5.41) is 0. The molecule has 7 heteroatoms. The van der Waals surface area contributed by atoms with Crippen molar-refractivity contribution in [1.29, 1.82) is 0 Å². The van der Waals surface area contributed by atoms with E-state index in [0.29, 0.717) is 18.7 Å². The molecule has 1 aliphatic heterocycles. The Labute approximate surface area is 184 Å². The minimum absolute atomic E-state index is 0.0217. The Morgan fingerprint density at radius 3 is 2.58 bits per heavy atom. The van der Waals surface area contributed by atoms with Crippen LogP contribution in [0.1, 0.15) is 54.9 Å². The molecule has 4 rings (SSSR count). The summed E-state index contributed by atoms with van der Waals surface area (Å²) in [6.07, 6.45) is 4.71. The van der Waals surface area contributed by atoms with Gasteiger partial charge in [-0.1, -0.05) is 30.7 Å². The molecule has 166 valence electrons. The van der Waals surface area contributed by atoms with E-state index in [1.165, 1.54) is 6.07 Å². The van der Waals surface area contributed by atoms with E-state index < -0.39 is 10.0 Å². The highest BCUT2D eigenvalue weighted by molar-refractivity contribution is 7.89. The number of nitrogens with zero attached hydrogens (tertiary/aromatic N) is 2. The van der Waals surface area contributed by atoms with Gasteiger partial charge in [0.25, 0.3) is 5.91 Å². The summed E-state index contributed by atoms with van der Waals surface area (Å²) in [5.74, 6) is 0.605. The SMILES string of the molecule is COc1ccccc1CN(C(=O)c1cccc(S(=O)(=O)N2CCCCC2C)c1)C1CC1. The zero-order valence-corrected chi connectivity index (χ0v) is 19.0. The predicted octanol–water partition coefficient (Wildman–Crippen LogP) is 4.06. The zero-order chi connectivity index (χ0) is 22.0. The summed E-state index contributed by atoms with van der Waals surface area (Å²) in [7, 11) is -2.00. The molecule has 2 aromatic carbocycles. The molecule has 0 bridgehead atoms. The normalized spacial score (nSPS) is 19.7. The molecule has 1 saturated carbocycles. The van der Waals surface area contributed by atoms with Crippen molar-refractivity contribution in [3.63, 3.8) is 0 Å². The number of methoxy groups -OCH3 is 1. The predicted molar refractivity (Wildman–Crippen MR) is 120 cm³/mol. The van der Waals surface area contributed by atoms with Gasteiger partial charge in [0.05, 0.1) is 12.0 Å². The van der Waals surface area contributed by atoms with E-state index in [0.717, 1.165) is 43.4 Å². The van der Waals surface area contributed by atoms with Crippen LogP contribution in [0.2, 0.25) is 0 Å². The third-order valence-corrected chi connectivity index (χ3v) is 8.22. The summed E-state index contributed by atoms with van der Waals surface area (Å²) in [4.78, 5) is 15.5. The van der Waals surface area contributed by atoms with Gasteiger partial charge in [-0.3, -0.25) is 4.79 Å². The highest BCUT2D eigenvalue weighted by Crippen LogP contribution is 2.32. The second-order valence-corrected chi connectivity index (χ2v) is 10.4. The maximum atomic E-state index is 13.4. The Morgan fingerprint density at radius 1 is 1.10 bits per heavy atom. The van der Waals surface area contributed by atoms with Crippen molar-refractivity contribution in [2.24, 2.45) is 0 Å². The molecule has 1 aliphatic carbocycles. The van der Waals surface area contributed by atoms with Crippen LogP contribution < -0.4 is 4.74 Å². The fraction of sp³-hybridized carbons (Fsp3) is 0.458. The number of ether oxygens (including phenoxy) is 1. The molecule has 31 heavy (non-hydrogen) atoms. The molecule has 0 aromatic heterocycles. The number of carbonyl (C=O) groups is 1. The number of benzene rings is 2. The maximum absolute atomic E-state index is 13.4. The van der Waals surface area contributed by atoms with Crippen molar-refractivity contribution in [2.45, 2.75) is 62.6 Å². The lowest BCUT2D eigenvalue weighted by Gasteiger charge is -2.32. The van der Waals surface area contributed by atoms with E-state index in [1.54, 1.807) is 29.6 Å². The Balaban J connectivity index is 1.60. The minimum atomic E-state index is -3.62. The van der Waals surface area contributed by atoms with Crippen LogP contribution in [0.4, 0.5) is 0 Å². The number of amides is 1. The first kappa shape index (κ1) is 21.8. The molecule has 2 fully saturated rings. The van der Waals surface area contributed by atoms with Crippen LogP contribution in [0.5, 0.6) is 5.75 Å². The number of hydrogen-bond donors (Lipinski definition) is 0. The highest BCUT2D eigenvalue weighted by Gasteiger charge is 2.35. The van der Waals surface area contributed by atoms with Gasteiger partial charge in [-0.2, -0.15) is 4.31 Å². The van der Waals surface area contributed by atoms with Gasteiger partial charge in [-0.25, -0.2) is 8.42 Å². The van der Waals surface area contributed by atoms with Crippen molar-refractivity contribution < 1.29 is 17.9 Å². The van der Waals surface area contributed by atoms with Crippen LogP contribution in [0.25, 0.3) is 0 Å². The summed E-state index contributed by atoms with van der Waals surface area (Å²) in [5.41, 5.74) is 1.35. The molecule has 0 N–H and O–H groups in total. The first-order valence-electron chi connectivity index (χ1n) is 11.0. The van der Waals surface area contributed by atoms with Crippen LogP contribution in [0.3, 0.4) is 0 Å². The van der Waals surface area contributed by atoms with Crippen LogP contribution in [-0.4, -0.2) is 49.3 Å². The molecular weight excluding hydrogens is 412 g/mol. The van der Waals surface area contributed by atoms with Crippen molar-refractivity contribution in [3.05, 3.63) is 59.7 Å². The third kappa shape index (κ3) is 4.62. The number of piperidine rings is 1. The molecule has 1 heterocycles. The molecule has 1 atom stereocenters. The first-order valence-corrected chi connectivity index (χ1v) is 12.4. The van der Waals surface area contributed by atoms with Gasteiger partial charge in [0, 0.05) is 36.3 Å². The Morgan fingerprint density at radius 2 is 1.87 bits per heavy atom. The average molecular weight is 443 g/mol. The molecule has 1 unspecified atom stereocenters. The van der Waals surface area contributed by atoms with Crippen molar-refractivity contribution in [3.8, 4) is 5.75 Å². The lowest BCUT2D eigenvalue weighted by atomic mass is 10.1. The highest BCUT2D eigenvalue weighted by atomic mass is 32.2. The van der Waals surface area contributed by atoms with E-state index >= 15 is 0 Å². The number of sulfonamides is 1. The molecule has 0 spiro atoms. The van der Waals surface area contributed by atoms with E-state index in [4.69, 9.17) is 4.74 Å². The fourth-order valence-electron chi connectivity index (χ4n) is 4.29. The summed E-state index contributed by atoms with van der Waals surface area (Å²) < 4.78 is 33.5. The van der Waals surface area contributed by atoms with Crippen LogP contribution in [0, 0.1) is 0 Å². The van der Waals surface area contributed by atoms with Gasteiger partial charge < -0.3 is 9.64 Å². The van der Waals surface area contributed by atoms with Crippen molar-refractivity contribution in [1.82, 2.24) is 9.21 Å². The lowest BCUT2D eigenvalue weighted by molar-refractivity contribution is 0.0728. The van der Waals surface area contributed by atoms with E-state index in [9.17, 15) is 13.2 Å². The molecule has 2 aliphatic rings. The number of hydrogen-bond acceptors (Lipinski definition) is 4. The second kappa shape index (κ2) is 9.01. The molecule has 1 amide bonds. The largest absolute Gasteiger partial charge is 0.496 e. The molecule has 2 aromatic rings. The topological polar surface area (TPSA) is 66.9 Å². The smallest absolute Gasteiger partial charge is 0.254 e. The Bertz CT molecular complexity index is 1050. The lowest BCUT2D eigenvalue weighted by Crippen LogP contribution is -2.42. The van der Waals surface area contributed by atoms with Crippen LogP contribution in [-0.2, 0) is 16.6 Å². The molecular formula is C24H30N2O4S. The van der Waals surface area contributed by atoms with Crippen molar-refractivity contribution in [2.75, 3.05) is 13.7 Å². The zero-order valence-electron chi connectivity index (χ0n) is 18.2. The maximum Gasteiger partial charge on any atom is 0.254 e. The van der Waals surface area contributed by atoms with Crippen LogP contribution >= 0.6 is 0 Å². The first-order chi connectivity index (χ1) is 14.9.